The van der Waals surface area contributed by atoms with Crippen LogP contribution in [0.25, 0.3) is 21.8 Å². The van der Waals surface area contributed by atoms with Crippen molar-refractivity contribution in [1.29, 1.82) is 0 Å². The van der Waals surface area contributed by atoms with E-state index in [1.54, 1.807) is 37.6 Å². The van der Waals surface area contributed by atoms with Gasteiger partial charge in [-0.15, -0.1) is 0 Å². The molecule has 2 saturated heterocycles. The van der Waals surface area contributed by atoms with E-state index in [-0.39, 0.29) is 49.9 Å². The summed E-state index contributed by atoms with van der Waals surface area (Å²) in [5.74, 6) is 1.74. The summed E-state index contributed by atoms with van der Waals surface area (Å²) in [4.78, 5) is 87.3. The SMILES string of the molecule is CC(C)(C)OC(=O)n1cc(CBr)c2ccccc21.CC(C)(C)OC(=O)n1cc(CN2C(=O)c3cccc(N4CCN(C(=O)OCc5ccccc5)CC4)c3Oc3ccccc32)c2ccccc21.O=C1Nc2ccccc2Oc2c1cccc2N1CCN(C(=O)OCc2ccccc2)CC1. The molecule has 0 atom stereocenters. The van der Waals surface area contributed by atoms with Crippen LogP contribution in [-0.2, 0) is 44.0 Å². The van der Waals surface area contributed by atoms with Crippen molar-refractivity contribution >= 4 is 96.7 Å². The summed E-state index contributed by atoms with van der Waals surface area (Å²) in [6, 6.07) is 60.7. The largest absolute Gasteiger partial charge is 0.452 e. The Balaban J connectivity index is 0.000000158. The second-order valence-electron chi connectivity index (χ2n) is 26.0. The van der Waals surface area contributed by atoms with Gasteiger partial charge in [-0.1, -0.05) is 149 Å². The number of rotatable bonds is 9. The summed E-state index contributed by atoms with van der Waals surface area (Å²) in [6.45, 7) is 16.1. The Morgan fingerprint density at radius 2 is 0.879 bits per heavy atom. The molecule has 4 amide bonds. The number of amides is 4. The molecule has 2 fully saturated rings. The van der Waals surface area contributed by atoms with Gasteiger partial charge in [0.2, 0.25) is 0 Å². The molecule has 4 aliphatic heterocycles. The molecule has 0 aliphatic carbocycles. The first-order valence-corrected chi connectivity index (χ1v) is 33.9. The molecule has 14 rings (SSSR count). The molecule has 2 aromatic heterocycles. The standard InChI is InChI=1S/C39H38N4O6.C25H23N3O4.C14H16BrNO2/c1-39(2,3)49-38(46)43-25-28(29-14-7-8-16-31(29)43)24-42-32-17-9-10-19-34(32)48-35-30(36(42)44)15-11-18-33(35)40-20-22-41(23-21-40)37(45)47-26-27-12-5-4-6-13-27;29-24-19-9-6-11-21(23(19)32-22-12-5-4-10-20(22)26-24)27-13-15-28(16-14-27)25(30)31-17-18-7-2-1-3-8-18;1-14(2,3)18-13(17)16-9-10(8-15)11-6-4-5-7-12(11)16/h4-19,25H,20-24,26H2,1-3H3;1-12H,13-17H2,(H,26,29);4-7,9H,8H2,1-3H3. The number of nitrogens with zero attached hydrogens (tertiary/aromatic N) is 7. The number of para-hydroxylation sites is 8. The predicted molar refractivity (Wildman–Crippen MR) is 385 cm³/mol. The number of hydrogen-bond donors (Lipinski definition) is 1. The molecule has 10 aromatic rings. The number of nitrogens with one attached hydrogen (secondary N) is 1. The van der Waals surface area contributed by atoms with Gasteiger partial charge in [0, 0.05) is 80.9 Å². The van der Waals surface area contributed by atoms with Crippen LogP contribution < -0.4 is 29.5 Å². The van der Waals surface area contributed by atoms with Crippen LogP contribution in [0.2, 0.25) is 0 Å². The summed E-state index contributed by atoms with van der Waals surface area (Å²) in [6.07, 6.45) is 2.09. The minimum Gasteiger partial charge on any atom is -0.452 e. The Bertz CT molecular complexity index is 4600. The fraction of sp³-hybridized carbons (Fsp3) is 0.256. The lowest BCUT2D eigenvalue weighted by atomic mass is 10.1. The molecule has 8 aromatic carbocycles. The van der Waals surface area contributed by atoms with Gasteiger partial charge in [0.05, 0.1) is 51.5 Å². The van der Waals surface area contributed by atoms with E-state index in [1.807, 2.05) is 230 Å². The van der Waals surface area contributed by atoms with Crippen LogP contribution in [0, 0.1) is 0 Å². The number of carbonyl (C=O) groups is 6. The molecule has 1 N–H and O–H groups in total. The molecule has 0 bridgehead atoms. The van der Waals surface area contributed by atoms with Gasteiger partial charge in [-0.25, -0.2) is 19.2 Å². The molecule has 6 heterocycles. The van der Waals surface area contributed by atoms with Crippen LogP contribution in [-0.4, -0.2) is 119 Å². The molecule has 508 valence electrons. The first-order valence-electron chi connectivity index (χ1n) is 32.8. The van der Waals surface area contributed by atoms with Crippen molar-refractivity contribution in [2.45, 2.75) is 77.8 Å². The van der Waals surface area contributed by atoms with Gasteiger partial charge in [0.15, 0.2) is 23.0 Å². The highest BCUT2D eigenvalue weighted by atomic mass is 79.9. The third kappa shape index (κ3) is 15.8. The summed E-state index contributed by atoms with van der Waals surface area (Å²) in [5.41, 5.74) is 7.98. The second-order valence-corrected chi connectivity index (χ2v) is 26.6. The maximum absolute atomic E-state index is 14.5. The van der Waals surface area contributed by atoms with E-state index in [4.69, 9.17) is 28.4 Å². The van der Waals surface area contributed by atoms with E-state index < -0.39 is 17.3 Å². The van der Waals surface area contributed by atoms with Crippen molar-refractivity contribution in [3.8, 4) is 23.0 Å². The fourth-order valence-corrected chi connectivity index (χ4v) is 12.5. The average molecular weight is 1400 g/mol. The van der Waals surface area contributed by atoms with E-state index >= 15 is 0 Å². The molecule has 21 heteroatoms. The average Bonchev–Trinajstić information content (AvgIpc) is 1.68. The van der Waals surface area contributed by atoms with Gasteiger partial charge in [-0.05, 0) is 124 Å². The minimum absolute atomic E-state index is 0.197. The van der Waals surface area contributed by atoms with Gasteiger partial charge in [-0.3, -0.25) is 18.7 Å². The minimum atomic E-state index is -0.667. The van der Waals surface area contributed by atoms with Crippen LogP contribution in [0.5, 0.6) is 23.0 Å². The number of ether oxygens (including phenoxy) is 6. The van der Waals surface area contributed by atoms with Crippen LogP contribution in [0.3, 0.4) is 0 Å². The van der Waals surface area contributed by atoms with Crippen molar-refractivity contribution in [3.05, 3.63) is 240 Å². The fourth-order valence-electron chi connectivity index (χ4n) is 12.1. The summed E-state index contributed by atoms with van der Waals surface area (Å²) >= 11 is 3.44. The van der Waals surface area contributed by atoms with E-state index in [0.29, 0.717) is 109 Å². The van der Waals surface area contributed by atoms with Gasteiger partial charge in [0.25, 0.3) is 11.8 Å². The Labute approximate surface area is 582 Å². The van der Waals surface area contributed by atoms with Crippen LogP contribution in [0.1, 0.15) is 84.5 Å². The zero-order valence-electron chi connectivity index (χ0n) is 56.0. The third-order valence-corrected chi connectivity index (χ3v) is 17.4. The Morgan fingerprint density at radius 3 is 1.40 bits per heavy atom. The summed E-state index contributed by atoms with van der Waals surface area (Å²) in [7, 11) is 0. The first-order chi connectivity index (χ1) is 47.8. The van der Waals surface area contributed by atoms with Crippen molar-refractivity contribution in [3.63, 3.8) is 0 Å². The lowest BCUT2D eigenvalue weighted by molar-refractivity contribution is 0.0533. The smallest absolute Gasteiger partial charge is 0.419 e. The number of anilines is 4. The number of carbonyl (C=O) groups excluding carboxylic acids is 6. The van der Waals surface area contributed by atoms with Crippen LogP contribution in [0.4, 0.5) is 41.9 Å². The lowest BCUT2D eigenvalue weighted by Crippen LogP contribution is -2.49. The van der Waals surface area contributed by atoms with Gasteiger partial charge < -0.3 is 58.2 Å². The number of aromatic nitrogens is 2. The van der Waals surface area contributed by atoms with Crippen molar-refractivity contribution in [2.75, 3.05) is 72.4 Å². The predicted octanol–water partition coefficient (Wildman–Crippen LogP) is 16.7. The Hall–Kier alpha value is -11.1. The van der Waals surface area contributed by atoms with Gasteiger partial charge in [0.1, 0.15) is 24.4 Å². The molecule has 0 spiro atoms. The number of hydrogen-bond acceptors (Lipinski definition) is 14. The van der Waals surface area contributed by atoms with Crippen molar-refractivity contribution in [2.24, 2.45) is 0 Å². The number of alkyl halides is 1. The quantitative estimate of drug-likeness (QED) is 0.106. The lowest BCUT2D eigenvalue weighted by Gasteiger charge is -2.36. The number of fused-ring (bicyclic) bond motifs is 6. The number of halogens is 1. The first kappa shape index (κ1) is 67.9. The Kier molecular flexibility index (Phi) is 20.4. The van der Waals surface area contributed by atoms with E-state index in [2.05, 4.69) is 31.0 Å². The highest BCUT2D eigenvalue weighted by Crippen LogP contribution is 2.46. The maximum Gasteiger partial charge on any atom is 0.419 e. The number of piperazine rings is 2. The summed E-state index contributed by atoms with van der Waals surface area (Å²) in [5, 5.41) is 5.53. The van der Waals surface area contributed by atoms with Crippen LogP contribution >= 0.6 is 15.9 Å². The molecule has 0 unspecified atom stereocenters. The molecule has 20 nitrogen and oxygen atoms in total. The molecular weight excluding hydrogens is 1320 g/mol. The third-order valence-electron chi connectivity index (χ3n) is 16.8. The highest BCUT2D eigenvalue weighted by Gasteiger charge is 2.35. The normalized spacial score (nSPS) is 14.2. The topological polar surface area (TPSA) is 196 Å². The van der Waals surface area contributed by atoms with E-state index in [1.165, 1.54) is 4.57 Å². The molecular formula is C78H77BrN8O12. The molecule has 99 heavy (non-hydrogen) atoms. The van der Waals surface area contributed by atoms with Crippen LogP contribution in [0.15, 0.2) is 207 Å². The Morgan fingerprint density at radius 1 is 0.455 bits per heavy atom. The van der Waals surface area contributed by atoms with E-state index in [9.17, 15) is 28.8 Å². The zero-order chi connectivity index (χ0) is 69.4. The van der Waals surface area contributed by atoms with E-state index in [0.717, 1.165) is 49.9 Å². The summed E-state index contributed by atoms with van der Waals surface area (Å²) < 4.78 is 37.9. The second kappa shape index (κ2) is 29.7. The highest BCUT2D eigenvalue weighted by molar-refractivity contribution is 9.08. The monoisotopic (exact) mass is 1400 g/mol. The number of benzene rings is 8. The van der Waals surface area contributed by atoms with Gasteiger partial charge in [-0.2, -0.15) is 0 Å². The zero-order valence-corrected chi connectivity index (χ0v) is 57.6. The molecule has 0 radical (unpaired) electrons. The molecule has 4 aliphatic rings. The van der Waals surface area contributed by atoms with Crippen molar-refractivity contribution in [1.82, 2.24) is 18.9 Å². The maximum atomic E-state index is 14.5. The van der Waals surface area contributed by atoms with Crippen molar-refractivity contribution < 1.29 is 57.2 Å². The molecule has 0 saturated carbocycles. The van der Waals surface area contributed by atoms with Gasteiger partial charge >= 0.3 is 24.4 Å².